The zero-order chi connectivity index (χ0) is 40.1. The van der Waals surface area contributed by atoms with E-state index in [1.54, 1.807) is 0 Å². The third-order valence-corrected chi connectivity index (χ3v) is 9.88. The highest BCUT2D eigenvalue weighted by atomic mass is 19.1. The van der Waals surface area contributed by atoms with E-state index in [1.165, 1.54) is 29.0 Å². The molecule has 10 heteroatoms. The zero-order valence-corrected chi connectivity index (χ0v) is 33.5. The summed E-state index contributed by atoms with van der Waals surface area (Å²) in [5.74, 6) is 0.728. The van der Waals surface area contributed by atoms with Crippen molar-refractivity contribution in [2.75, 3.05) is 29.9 Å². The van der Waals surface area contributed by atoms with Gasteiger partial charge in [-0.15, -0.1) is 0 Å². The van der Waals surface area contributed by atoms with Crippen molar-refractivity contribution < 1.29 is 13.9 Å². The summed E-state index contributed by atoms with van der Waals surface area (Å²) in [6.45, 7) is 4.04. The molecular formula is C47H57FN6O3. The van der Waals surface area contributed by atoms with Crippen molar-refractivity contribution in [3.05, 3.63) is 155 Å². The number of fused-ring (bicyclic) bond motifs is 1. The lowest BCUT2D eigenvalue weighted by Crippen LogP contribution is -2.46. The minimum atomic E-state index is -0.365. The number of carbonyl (C=O) groups is 1. The number of esters is 1. The number of nitrogens with zero attached hydrogens (tertiary/aromatic N) is 6. The standard InChI is InChI=1S/C47H57FN6O3/c1-3-4-5-6-7-8-9-10-11-12-13-14-15-16-17-18-19-20-21-26-45(56)57-38-54-44(55)31-34-49-46(54)51(2)41-32-35-52(36-33-41)47-50-42-24-22-23-25-43(42)53(47)37-39-27-29-40(48)30-28-39/h4-5,7-8,10-11,13-14,16-17,19-20,22-25,27-31,34,41H,3,6,9,12,15,18,21,26,32-33,35-38H2,1-2H3/b5-4-,8-7-,11-10-,14-13-,17-16-,20-19+. The van der Waals surface area contributed by atoms with Gasteiger partial charge in [0.1, 0.15) is 5.82 Å². The highest BCUT2D eigenvalue weighted by Gasteiger charge is 2.28. The molecule has 3 heterocycles. The van der Waals surface area contributed by atoms with Gasteiger partial charge in [-0.05, 0) is 87.6 Å². The number of para-hydroxylation sites is 2. The van der Waals surface area contributed by atoms with Crippen LogP contribution in [0.5, 0.6) is 0 Å². The van der Waals surface area contributed by atoms with E-state index in [4.69, 9.17) is 9.72 Å². The Balaban J connectivity index is 1.03. The summed E-state index contributed by atoms with van der Waals surface area (Å²) >= 11 is 0. The van der Waals surface area contributed by atoms with Gasteiger partial charge in [-0.3, -0.25) is 9.59 Å². The molecule has 1 aliphatic heterocycles. The Morgan fingerprint density at radius 2 is 1.40 bits per heavy atom. The molecular weight excluding hydrogens is 716 g/mol. The Morgan fingerprint density at radius 3 is 2.04 bits per heavy atom. The number of benzene rings is 2. The molecule has 2 aromatic heterocycles. The number of hydrogen-bond donors (Lipinski definition) is 0. The molecule has 1 fully saturated rings. The number of carbonyl (C=O) groups excluding carboxylic acids is 1. The summed E-state index contributed by atoms with van der Waals surface area (Å²) in [6.07, 6.45) is 35.4. The largest absolute Gasteiger partial charge is 0.444 e. The quantitative estimate of drug-likeness (QED) is 0.0616. The number of hydrogen-bond acceptors (Lipinski definition) is 7. The van der Waals surface area contributed by atoms with Crippen LogP contribution in [0.25, 0.3) is 11.0 Å². The van der Waals surface area contributed by atoms with E-state index in [0.29, 0.717) is 18.9 Å². The molecule has 0 amide bonds. The molecule has 0 N–H and O–H groups in total. The van der Waals surface area contributed by atoms with Crippen molar-refractivity contribution in [1.82, 2.24) is 19.1 Å². The highest BCUT2D eigenvalue weighted by Crippen LogP contribution is 2.28. The average Bonchev–Trinajstić information content (AvgIpc) is 3.59. The van der Waals surface area contributed by atoms with Crippen LogP contribution in [0.1, 0.15) is 76.7 Å². The van der Waals surface area contributed by atoms with Gasteiger partial charge in [0.15, 0.2) is 6.73 Å². The van der Waals surface area contributed by atoms with E-state index in [1.807, 2.05) is 54.4 Å². The fourth-order valence-electron chi connectivity index (χ4n) is 6.73. The van der Waals surface area contributed by atoms with Crippen LogP contribution in [0.15, 0.2) is 139 Å². The Kier molecular flexibility index (Phi) is 17.3. The Labute approximate surface area is 336 Å². The fourth-order valence-corrected chi connectivity index (χ4v) is 6.73. The van der Waals surface area contributed by atoms with Crippen LogP contribution in [0.3, 0.4) is 0 Å². The van der Waals surface area contributed by atoms with E-state index in [9.17, 15) is 14.0 Å². The number of aromatic nitrogens is 4. The van der Waals surface area contributed by atoms with Crippen LogP contribution >= 0.6 is 0 Å². The molecule has 300 valence electrons. The smallest absolute Gasteiger partial charge is 0.307 e. The second-order valence-corrected chi connectivity index (χ2v) is 14.1. The number of piperidine rings is 1. The maximum Gasteiger partial charge on any atom is 0.307 e. The van der Waals surface area contributed by atoms with Crippen molar-refractivity contribution in [2.24, 2.45) is 0 Å². The first kappa shape index (κ1) is 42.4. The zero-order valence-electron chi connectivity index (χ0n) is 33.5. The molecule has 0 spiro atoms. The molecule has 0 aliphatic carbocycles. The number of imidazole rings is 1. The first-order valence-corrected chi connectivity index (χ1v) is 20.2. The van der Waals surface area contributed by atoms with E-state index in [0.717, 1.165) is 87.0 Å². The summed E-state index contributed by atoms with van der Waals surface area (Å²) in [4.78, 5) is 39.4. The van der Waals surface area contributed by atoms with Crippen LogP contribution < -0.4 is 15.4 Å². The number of rotatable bonds is 21. The molecule has 1 saturated heterocycles. The fraction of sp³-hybridized carbons (Fsp3) is 0.362. The molecule has 0 bridgehead atoms. The number of halogens is 1. The topological polar surface area (TPSA) is 85.5 Å². The van der Waals surface area contributed by atoms with Gasteiger partial charge in [0.25, 0.3) is 5.56 Å². The molecule has 0 radical (unpaired) electrons. The van der Waals surface area contributed by atoms with Gasteiger partial charge in [0, 0.05) is 44.9 Å². The summed E-state index contributed by atoms with van der Waals surface area (Å²) < 4.78 is 22.8. The summed E-state index contributed by atoms with van der Waals surface area (Å²) in [6, 6.07) is 16.2. The monoisotopic (exact) mass is 772 g/mol. The summed E-state index contributed by atoms with van der Waals surface area (Å²) in [5.41, 5.74) is 2.67. The maximum absolute atomic E-state index is 13.6. The minimum Gasteiger partial charge on any atom is -0.444 e. The third-order valence-electron chi connectivity index (χ3n) is 9.88. The molecule has 4 aromatic rings. The number of anilines is 2. The Bertz CT molecular complexity index is 2080. The van der Waals surface area contributed by atoms with Gasteiger partial charge in [-0.2, -0.15) is 0 Å². The van der Waals surface area contributed by atoms with Crippen molar-refractivity contribution in [3.63, 3.8) is 0 Å². The Morgan fingerprint density at radius 1 is 0.807 bits per heavy atom. The van der Waals surface area contributed by atoms with E-state index < -0.39 is 0 Å². The molecule has 0 saturated carbocycles. The normalized spacial score (nSPS) is 14.3. The Hall–Kier alpha value is -5.77. The molecule has 0 unspecified atom stereocenters. The lowest BCUT2D eigenvalue weighted by atomic mass is 10.0. The van der Waals surface area contributed by atoms with Crippen molar-refractivity contribution >= 4 is 28.9 Å². The maximum atomic E-state index is 13.6. The van der Waals surface area contributed by atoms with Gasteiger partial charge in [-0.1, -0.05) is 104 Å². The van der Waals surface area contributed by atoms with Crippen LogP contribution in [0.2, 0.25) is 0 Å². The highest BCUT2D eigenvalue weighted by molar-refractivity contribution is 5.79. The van der Waals surface area contributed by atoms with Gasteiger partial charge < -0.3 is 19.1 Å². The summed E-state index contributed by atoms with van der Waals surface area (Å²) in [5, 5.41) is 0. The number of allylic oxidation sites excluding steroid dienone is 12. The predicted molar refractivity (Wildman–Crippen MR) is 231 cm³/mol. The van der Waals surface area contributed by atoms with Gasteiger partial charge in [0.05, 0.1) is 17.6 Å². The van der Waals surface area contributed by atoms with Crippen LogP contribution in [0, 0.1) is 5.82 Å². The average molecular weight is 773 g/mol. The molecule has 1 aliphatic rings. The van der Waals surface area contributed by atoms with Gasteiger partial charge in [0.2, 0.25) is 11.9 Å². The first-order valence-electron chi connectivity index (χ1n) is 20.2. The van der Waals surface area contributed by atoms with E-state index in [2.05, 4.69) is 88.2 Å². The lowest BCUT2D eigenvalue weighted by molar-refractivity contribution is -0.147. The number of ether oxygens (including phenoxy) is 1. The lowest BCUT2D eigenvalue weighted by Gasteiger charge is -2.38. The van der Waals surface area contributed by atoms with E-state index >= 15 is 0 Å². The van der Waals surface area contributed by atoms with Gasteiger partial charge >= 0.3 is 5.97 Å². The third kappa shape index (κ3) is 13.4. The second-order valence-electron chi connectivity index (χ2n) is 14.1. The molecule has 57 heavy (non-hydrogen) atoms. The van der Waals surface area contributed by atoms with Crippen LogP contribution in [-0.4, -0.2) is 51.3 Å². The molecule has 5 rings (SSSR count). The minimum absolute atomic E-state index is 0.112. The predicted octanol–water partition coefficient (Wildman–Crippen LogP) is 9.86. The van der Waals surface area contributed by atoms with Crippen molar-refractivity contribution in [1.29, 1.82) is 0 Å². The van der Waals surface area contributed by atoms with Crippen LogP contribution in [0.4, 0.5) is 16.3 Å². The first-order chi connectivity index (χ1) is 27.9. The summed E-state index contributed by atoms with van der Waals surface area (Å²) in [7, 11) is 1.94. The molecule has 9 nitrogen and oxygen atoms in total. The SMILES string of the molecule is CC/C=C\C/C=C\C/C=C\C/C=C\C/C=C\C/C=C/CCC(=O)OCn1c(N(C)C2CCN(c3nc4ccccc4n3Cc3ccc(F)cc3)CC2)nccc1=O. The van der Waals surface area contributed by atoms with Crippen LogP contribution in [-0.2, 0) is 22.8 Å². The van der Waals surface area contributed by atoms with Crippen molar-refractivity contribution in [2.45, 2.75) is 90.4 Å². The van der Waals surface area contributed by atoms with Crippen molar-refractivity contribution in [3.8, 4) is 0 Å². The molecule has 2 aromatic carbocycles. The van der Waals surface area contributed by atoms with Gasteiger partial charge in [-0.25, -0.2) is 18.9 Å². The second kappa shape index (κ2) is 23.3. The molecule has 0 atom stereocenters. The van der Waals surface area contributed by atoms with E-state index in [-0.39, 0.29) is 36.5 Å².